The molecule has 0 saturated heterocycles. The second-order valence-corrected chi connectivity index (χ2v) is 8.12. The first-order valence-corrected chi connectivity index (χ1v) is 10.3. The largest absolute Gasteiger partial charge is 1.00 e. The molecule has 0 fully saturated rings. The lowest BCUT2D eigenvalue weighted by Gasteiger charge is -2.27. The summed E-state index contributed by atoms with van der Waals surface area (Å²) in [6.45, 7) is 10.3. The minimum atomic E-state index is -3.57. The number of halogens is 1. The fraction of sp³-hybridized carbons (Fsp3) is 0.400. The van der Waals surface area contributed by atoms with E-state index in [2.05, 4.69) is 30.4 Å². The molecule has 0 bridgehead atoms. The highest BCUT2D eigenvalue weighted by Crippen LogP contribution is 2.18. The quantitative estimate of drug-likeness (QED) is 0.574. The lowest BCUT2D eigenvalue weighted by atomic mass is 10.1. The number of nitrogens with zero attached hydrogens (tertiary/aromatic N) is 1. The average Bonchev–Trinajstić information content (AvgIpc) is 2.59. The van der Waals surface area contributed by atoms with Gasteiger partial charge in [-0.3, -0.25) is 9.62 Å². The third kappa shape index (κ3) is 6.25. The van der Waals surface area contributed by atoms with Gasteiger partial charge in [0.2, 0.25) is 0 Å². The lowest BCUT2D eigenvalue weighted by molar-refractivity contribution is -0.00000784. The van der Waals surface area contributed by atoms with Crippen LogP contribution in [0.1, 0.15) is 38.3 Å². The van der Waals surface area contributed by atoms with Crippen LogP contribution in [0.3, 0.4) is 0 Å². The Kier molecular flexibility index (Phi) is 9.06. The summed E-state index contributed by atoms with van der Waals surface area (Å²) in [5.74, 6) is 0. The smallest absolute Gasteiger partial charge is 0.261 e. The van der Waals surface area contributed by atoms with Gasteiger partial charge in [0, 0.05) is 18.3 Å². The molecule has 0 amide bonds. The third-order valence-electron chi connectivity index (χ3n) is 4.51. The van der Waals surface area contributed by atoms with Crippen molar-refractivity contribution in [3.8, 4) is 0 Å². The molecule has 1 atom stereocenters. The Morgan fingerprint density at radius 3 is 2.27 bits per heavy atom. The summed E-state index contributed by atoms with van der Waals surface area (Å²) in [4.78, 5) is 2.67. The van der Waals surface area contributed by atoms with Gasteiger partial charge in [-0.25, -0.2) is 8.42 Å². The minimum absolute atomic E-state index is 0. The Labute approximate surface area is 175 Å². The molecule has 4 nitrogen and oxygen atoms in total. The number of rotatable bonds is 8. The first kappa shape index (κ1) is 22.9. The van der Waals surface area contributed by atoms with Gasteiger partial charge in [-0.2, -0.15) is 0 Å². The van der Waals surface area contributed by atoms with Crippen LogP contribution < -0.4 is 28.7 Å². The second kappa shape index (κ2) is 10.3. The lowest BCUT2D eigenvalue weighted by Crippen LogP contribution is -3.00. The number of sulfonamides is 1. The molecule has 0 heterocycles. The highest BCUT2D eigenvalue weighted by molar-refractivity contribution is 7.92. The van der Waals surface area contributed by atoms with Crippen molar-refractivity contribution < 1.29 is 32.4 Å². The van der Waals surface area contributed by atoms with Crippen molar-refractivity contribution in [2.24, 2.45) is 0 Å². The van der Waals surface area contributed by atoms with Crippen molar-refractivity contribution in [3.05, 3.63) is 59.7 Å². The van der Waals surface area contributed by atoms with E-state index in [0.717, 1.165) is 30.6 Å². The third-order valence-corrected chi connectivity index (χ3v) is 5.91. The Morgan fingerprint density at radius 1 is 1.08 bits per heavy atom. The van der Waals surface area contributed by atoms with Crippen LogP contribution in [0.25, 0.3) is 0 Å². The molecule has 0 radical (unpaired) electrons. The van der Waals surface area contributed by atoms with Crippen molar-refractivity contribution in [1.82, 2.24) is 4.90 Å². The summed E-state index contributed by atoms with van der Waals surface area (Å²) >= 11 is 0. The molecular formula is C20H28IN2O2S-. The minimum Gasteiger partial charge on any atom is -1.00 e. The number of hydrogen-bond acceptors (Lipinski definition) is 3. The standard InChI is InChI=1S/C20H28N2O2S.HI/c1-5-17(4)22(6-2)15-18-10-12-20(13-11-18)25(23,24)21-19-9-7-8-16(3)14-19;/h7-14,17,21H,5-6,15H2,1-4H3;1H/p-1. The monoisotopic (exact) mass is 487 g/mol. The van der Waals surface area contributed by atoms with Crippen LogP contribution in [0.4, 0.5) is 5.69 Å². The van der Waals surface area contributed by atoms with Crippen molar-refractivity contribution >= 4 is 15.7 Å². The zero-order chi connectivity index (χ0) is 18.4. The Balaban J connectivity index is 0.00000338. The fourth-order valence-corrected chi connectivity index (χ4v) is 3.82. The van der Waals surface area contributed by atoms with E-state index in [1.165, 1.54) is 0 Å². The topological polar surface area (TPSA) is 49.4 Å². The van der Waals surface area contributed by atoms with Crippen LogP contribution in [0.2, 0.25) is 0 Å². The molecule has 0 aliphatic rings. The molecule has 1 unspecified atom stereocenters. The van der Waals surface area contributed by atoms with Crippen molar-refractivity contribution in [2.45, 2.75) is 51.6 Å². The van der Waals surface area contributed by atoms with E-state index in [-0.39, 0.29) is 28.9 Å². The number of benzene rings is 2. The summed E-state index contributed by atoms with van der Waals surface area (Å²) in [6, 6.07) is 15.0. The number of hydrogen-bond donors (Lipinski definition) is 1. The maximum Gasteiger partial charge on any atom is 0.261 e. The van der Waals surface area contributed by atoms with E-state index in [1.807, 2.05) is 37.3 Å². The number of nitrogens with one attached hydrogen (secondary N) is 1. The van der Waals surface area contributed by atoms with Gasteiger partial charge in [-0.15, -0.1) is 0 Å². The average molecular weight is 487 g/mol. The molecule has 0 spiro atoms. The van der Waals surface area contributed by atoms with Crippen molar-refractivity contribution in [3.63, 3.8) is 0 Å². The van der Waals surface area contributed by atoms with Crippen LogP contribution in [0.5, 0.6) is 0 Å². The molecule has 6 heteroatoms. The predicted molar refractivity (Wildman–Crippen MR) is 104 cm³/mol. The van der Waals surface area contributed by atoms with E-state index >= 15 is 0 Å². The Bertz CT molecular complexity index is 792. The molecule has 0 aromatic heterocycles. The Hall–Kier alpha value is -1.12. The van der Waals surface area contributed by atoms with E-state index in [1.54, 1.807) is 18.2 Å². The van der Waals surface area contributed by atoms with Crippen LogP contribution in [-0.4, -0.2) is 25.9 Å². The summed E-state index contributed by atoms with van der Waals surface area (Å²) in [6.07, 6.45) is 1.10. The zero-order valence-electron chi connectivity index (χ0n) is 15.9. The summed E-state index contributed by atoms with van der Waals surface area (Å²) < 4.78 is 27.7. The maximum absolute atomic E-state index is 12.5. The van der Waals surface area contributed by atoms with Crippen molar-refractivity contribution in [1.29, 1.82) is 0 Å². The van der Waals surface area contributed by atoms with E-state index < -0.39 is 10.0 Å². The van der Waals surface area contributed by atoms with E-state index in [4.69, 9.17) is 0 Å². The van der Waals surface area contributed by atoms with Gasteiger partial charge in [-0.1, -0.05) is 38.1 Å². The molecule has 2 rings (SSSR count). The highest BCUT2D eigenvalue weighted by Gasteiger charge is 2.15. The highest BCUT2D eigenvalue weighted by atomic mass is 127. The molecule has 1 N–H and O–H groups in total. The molecule has 0 saturated carbocycles. The predicted octanol–water partition coefficient (Wildman–Crippen LogP) is 1.42. The van der Waals surface area contributed by atoms with Gasteiger partial charge in [0.05, 0.1) is 4.90 Å². The van der Waals surface area contributed by atoms with Crippen LogP contribution in [-0.2, 0) is 16.6 Å². The van der Waals surface area contributed by atoms with Gasteiger partial charge < -0.3 is 24.0 Å². The fourth-order valence-electron chi connectivity index (χ4n) is 2.77. The van der Waals surface area contributed by atoms with Gasteiger partial charge >= 0.3 is 0 Å². The number of anilines is 1. The first-order valence-electron chi connectivity index (χ1n) is 8.78. The van der Waals surface area contributed by atoms with Crippen molar-refractivity contribution in [2.75, 3.05) is 11.3 Å². The zero-order valence-corrected chi connectivity index (χ0v) is 18.8. The summed E-state index contributed by atoms with van der Waals surface area (Å²) in [7, 11) is -3.57. The van der Waals surface area contributed by atoms with Gasteiger partial charge in [0.15, 0.2) is 0 Å². The van der Waals surface area contributed by atoms with Crippen LogP contribution in [0.15, 0.2) is 53.4 Å². The van der Waals surface area contributed by atoms with Gasteiger partial charge in [0.25, 0.3) is 10.0 Å². The summed E-state index contributed by atoms with van der Waals surface area (Å²) in [5.41, 5.74) is 2.72. The van der Waals surface area contributed by atoms with Gasteiger partial charge in [0.1, 0.15) is 0 Å². The molecular weight excluding hydrogens is 459 g/mol. The molecule has 0 aliphatic heterocycles. The normalized spacial score (nSPS) is 12.5. The van der Waals surface area contributed by atoms with E-state index in [9.17, 15) is 8.42 Å². The molecule has 2 aromatic carbocycles. The maximum atomic E-state index is 12.5. The van der Waals surface area contributed by atoms with E-state index in [0.29, 0.717) is 11.7 Å². The molecule has 2 aromatic rings. The molecule has 144 valence electrons. The van der Waals surface area contributed by atoms with Gasteiger partial charge in [-0.05, 0) is 62.2 Å². The second-order valence-electron chi connectivity index (χ2n) is 6.44. The van der Waals surface area contributed by atoms with Crippen LogP contribution in [0, 0.1) is 6.92 Å². The number of aryl methyl sites for hydroxylation is 1. The van der Waals surface area contributed by atoms with Crippen LogP contribution >= 0.6 is 0 Å². The molecule has 26 heavy (non-hydrogen) atoms. The molecule has 0 aliphatic carbocycles. The SMILES string of the molecule is CCC(C)N(CC)Cc1ccc(S(=O)(=O)Nc2cccc(C)c2)cc1.[I-]. The Morgan fingerprint density at radius 2 is 1.73 bits per heavy atom. The first-order chi connectivity index (χ1) is 11.9. The summed E-state index contributed by atoms with van der Waals surface area (Å²) in [5, 5.41) is 0.